The number of nitrogens with zero attached hydrogens (tertiary/aromatic N) is 5. The summed E-state index contributed by atoms with van der Waals surface area (Å²) in [6.45, 7) is 2.29. The fourth-order valence-electron chi connectivity index (χ4n) is 3.34. The van der Waals surface area contributed by atoms with Gasteiger partial charge in [0.05, 0.1) is 12.3 Å². The zero-order valence-corrected chi connectivity index (χ0v) is 17.6. The Labute approximate surface area is 175 Å². The molecule has 0 aromatic carbocycles. The normalized spacial score (nSPS) is 13.1. The first-order valence-corrected chi connectivity index (χ1v) is 11.1. The van der Waals surface area contributed by atoms with Crippen LogP contribution in [0, 0.1) is 6.92 Å². The average molecular weight is 429 g/mol. The molecule has 3 heterocycles. The second-order valence-corrected chi connectivity index (χ2v) is 8.89. The fourth-order valence-corrected chi connectivity index (χ4v) is 4.83. The standard InChI is InChI=1S/C19H20N6O2S2/c1-12-23-24-18(29-12)21-16(26)11-28-17-14-6-2-3-7-15(14)25(19(27)22-17)10-13-5-4-8-20-9-13/h4-5,8-9H,2-3,6-7,10-11H2,1H3,(H,21,24,26). The Bertz CT molecular complexity index is 1080. The van der Waals surface area contributed by atoms with E-state index in [9.17, 15) is 9.59 Å². The van der Waals surface area contributed by atoms with E-state index in [0.717, 1.165) is 47.5 Å². The van der Waals surface area contributed by atoms with E-state index in [1.165, 1.54) is 23.1 Å². The third-order valence-electron chi connectivity index (χ3n) is 4.63. The number of amides is 1. The van der Waals surface area contributed by atoms with E-state index in [1.807, 2.05) is 19.1 Å². The lowest BCUT2D eigenvalue weighted by atomic mass is 9.97. The van der Waals surface area contributed by atoms with E-state index < -0.39 is 0 Å². The molecule has 150 valence electrons. The van der Waals surface area contributed by atoms with Crippen molar-refractivity contribution in [2.45, 2.75) is 44.2 Å². The molecule has 8 nitrogen and oxygen atoms in total. The molecule has 0 radical (unpaired) electrons. The van der Waals surface area contributed by atoms with Gasteiger partial charge in [-0.25, -0.2) is 4.79 Å². The van der Waals surface area contributed by atoms with Crippen molar-refractivity contribution < 1.29 is 4.79 Å². The summed E-state index contributed by atoms with van der Waals surface area (Å²) < 4.78 is 1.75. The minimum atomic E-state index is -0.280. The highest BCUT2D eigenvalue weighted by Crippen LogP contribution is 2.29. The molecule has 0 atom stereocenters. The summed E-state index contributed by atoms with van der Waals surface area (Å²) in [5.41, 5.74) is 2.81. The summed E-state index contributed by atoms with van der Waals surface area (Å²) in [5, 5.41) is 12.5. The minimum Gasteiger partial charge on any atom is -0.300 e. The number of rotatable bonds is 6. The summed E-state index contributed by atoms with van der Waals surface area (Å²) in [7, 11) is 0. The van der Waals surface area contributed by atoms with E-state index in [1.54, 1.807) is 17.0 Å². The molecule has 1 aliphatic rings. The van der Waals surface area contributed by atoms with Gasteiger partial charge in [-0.1, -0.05) is 29.2 Å². The molecule has 0 bridgehead atoms. The molecule has 0 saturated carbocycles. The lowest BCUT2D eigenvalue weighted by Crippen LogP contribution is -2.30. The van der Waals surface area contributed by atoms with Crippen molar-refractivity contribution >= 4 is 34.1 Å². The minimum absolute atomic E-state index is 0.171. The summed E-state index contributed by atoms with van der Waals surface area (Å²) in [5.74, 6) is -0.0125. The van der Waals surface area contributed by atoms with Gasteiger partial charge in [0.15, 0.2) is 0 Å². The van der Waals surface area contributed by atoms with E-state index >= 15 is 0 Å². The molecule has 0 aliphatic heterocycles. The van der Waals surface area contributed by atoms with Crippen LogP contribution in [0.5, 0.6) is 0 Å². The van der Waals surface area contributed by atoms with E-state index in [0.29, 0.717) is 16.7 Å². The van der Waals surface area contributed by atoms with Gasteiger partial charge >= 0.3 is 5.69 Å². The third-order valence-corrected chi connectivity index (χ3v) is 6.40. The molecule has 3 aromatic heterocycles. The Kier molecular flexibility index (Phi) is 6.00. The molecule has 1 amide bonds. The van der Waals surface area contributed by atoms with Gasteiger partial charge in [-0.15, -0.1) is 10.2 Å². The van der Waals surface area contributed by atoms with Crippen LogP contribution in [0.1, 0.15) is 34.7 Å². The number of aryl methyl sites for hydroxylation is 1. The first kappa shape index (κ1) is 19.7. The number of anilines is 1. The van der Waals surface area contributed by atoms with Gasteiger partial charge in [-0.05, 0) is 44.2 Å². The average Bonchev–Trinajstić information content (AvgIpc) is 3.14. The lowest BCUT2D eigenvalue weighted by Gasteiger charge is -2.22. The highest BCUT2D eigenvalue weighted by molar-refractivity contribution is 8.00. The summed E-state index contributed by atoms with van der Waals surface area (Å²) in [6.07, 6.45) is 7.30. The number of pyridine rings is 1. The van der Waals surface area contributed by atoms with Gasteiger partial charge in [0, 0.05) is 23.7 Å². The second kappa shape index (κ2) is 8.83. The van der Waals surface area contributed by atoms with Crippen LogP contribution < -0.4 is 11.0 Å². The largest absolute Gasteiger partial charge is 0.349 e. The zero-order chi connectivity index (χ0) is 20.2. The van der Waals surface area contributed by atoms with Gasteiger partial charge in [0.25, 0.3) is 0 Å². The number of thioether (sulfide) groups is 1. The third kappa shape index (κ3) is 4.70. The van der Waals surface area contributed by atoms with Crippen molar-refractivity contribution in [2.24, 2.45) is 0 Å². The Hall–Kier alpha value is -2.59. The molecule has 0 unspecified atom stereocenters. The van der Waals surface area contributed by atoms with Gasteiger partial charge in [0.1, 0.15) is 10.0 Å². The highest BCUT2D eigenvalue weighted by Gasteiger charge is 2.21. The van der Waals surface area contributed by atoms with Crippen molar-refractivity contribution in [3.05, 3.63) is 56.8 Å². The Morgan fingerprint density at radius 1 is 1.31 bits per heavy atom. The lowest BCUT2D eigenvalue weighted by molar-refractivity contribution is -0.113. The maximum atomic E-state index is 12.8. The van der Waals surface area contributed by atoms with Gasteiger partial charge < -0.3 is 0 Å². The molecule has 29 heavy (non-hydrogen) atoms. The first-order valence-electron chi connectivity index (χ1n) is 9.34. The Morgan fingerprint density at radius 2 is 2.17 bits per heavy atom. The Morgan fingerprint density at radius 3 is 2.93 bits per heavy atom. The van der Waals surface area contributed by atoms with Crippen molar-refractivity contribution in [1.29, 1.82) is 0 Å². The SMILES string of the molecule is Cc1nnc(NC(=O)CSc2nc(=O)n(Cc3cccnc3)c3c2CCCC3)s1. The molecule has 0 fully saturated rings. The number of nitrogens with one attached hydrogen (secondary N) is 1. The summed E-state index contributed by atoms with van der Waals surface area (Å²) in [6, 6.07) is 3.82. The number of aromatic nitrogens is 5. The molecule has 3 aromatic rings. The highest BCUT2D eigenvalue weighted by atomic mass is 32.2. The summed E-state index contributed by atoms with van der Waals surface area (Å²) >= 11 is 2.63. The first-order chi connectivity index (χ1) is 14.1. The van der Waals surface area contributed by atoms with Crippen LogP contribution in [-0.4, -0.2) is 36.4 Å². The molecule has 10 heteroatoms. The van der Waals surface area contributed by atoms with Crippen molar-refractivity contribution in [3.63, 3.8) is 0 Å². The van der Waals surface area contributed by atoms with E-state index in [4.69, 9.17) is 0 Å². The molecule has 0 saturated heterocycles. The Balaban J connectivity index is 1.54. The number of hydrogen-bond donors (Lipinski definition) is 1. The molecule has 1 aliphatic carbocycles. The quantitative estimate of drug-likeness (QED) is 0.475. The maximum absolute atomic E-state index is 12.8. The van der Waals surface area contributed by atoms with Crippen LogP contribution in [0.25, 0.3) is 0 Å². The number of carbonyl (C=O) groups excluding carboxylic acids is 1. The fraction of sp³-hybridized carbons (Fsp3) is 0.368. The van der Waals surface area contributed by atoms with Gasteiger partial charge in [-0.2, -0.15) is 4.98 Å². The maximum Gasteiger partial charge on any atom is 0.349 e. The second-order valence-electron chi connectivity index (χ2n) is 6.74. The smallest absolute Gasteiger partial charge is 0.300 e. The molecule has 0 spiro atoms. The van der Waals surface area contributed by atoms with E-state index in [2.05, 4.69) is 25.5 Å². The van der Waals surface area contributed by atoms with Gasteiger partial charge in [-0.3, -0.25) is 19.7 Å². The molecule has 4 rings (SSSR count). The monoisotopic (exact) mass is 428 g/mol. The number of hydrogen-bond acceptors (Lipinski definition) is 8. The van der Waals surface area contributed by atoms with Crippen LogP contribution in [0.3, 0.4) is 0 Å². The predicted octanol–water partition coefficient (Wildman–Crippen LogP) is 2.46. The number of carbonyl (C=O) groups is 1. The van der Waals surface area contributed by atoms with Crippen LogP contribution in [0.2, 0.25) is 0 Å². The topological polar surface area (TPSA) is 103 Å². The zero-order valence-electron chi connectivity index (χ0n) is 15.9. The van der Waals surface area contributed by atoms with Crippen LogP contribution in [-0.2, 0) is 24.2 Å². The van der Waals surface area contributed by atoms with Crippen LogP contribution in [0.15, 0.2) is 34.3 Å². The predicted molar refractivity (Wildman–Crippen MR) is 112 cm³/mol. The number of fused-ring (bicyclic) bond motifs is 1. The van der Waals surface area contributed by atoms with Crippen molar-refractivity contribution in [2.75, 3.05) is 11.1 Å². The van der Waals surface area contributed by atoms with E-state index in [-0.39, 0.29) is 17.3 Å². The molecule has 1 N–H and O–H groups in total. The van der Waals surface area contributed by atoms with Crippen LogP contribution in [0.4, 0.5) is 5.13 Å². The molecular weight excluding hydrogens is 408 g/mol. The van der Waals surface area contributed by atoms with Crippen molar-refractivity contribution in [3.8, 4) is 0 Å². The van der Waals surface area contributed by atoms with Crippen LogP contribution >= 0.6 is 23.1 Å². The molecular formula is C19H20N6O2S2. The summed E-state index contributed by atoms with van der Waals surface area (Å²) in [4.78, 5) is 33.4. The van der Waals surface area contributed by atoms with Gasteiger partial charge in [0.2, 0.25) is 11.0 Å². The van der Waals surface area contributed by atoms with Crippen molar-refractivity contribution in [1.82, 2.24) is 24.7 Å².